The van der Waals surface area contributed by atoms with E-state index < -0.39 is 11.3 Å². The number of alkyl halides is 2. The van der Waals surface area contributed by atoms with Crippen LogP contribution < -0.4 is 5.32 Å². The zero-order valence-electron chi connectivity index (χ0n) is 10.4. The lowest BCUT2D eigenvalue weighted by atomic mass is 10.1. The summed E-state index contributed by atoms with van der Waals surface area (Å²) in [6.45, 7) is 0.619. The van der Waals surface area contributed by atoms with Gasteiger partial charge in [0.2, 0.25) is 0 Å². The lowest BCUT2D eigenvalue weighted by Gasteiger charge is -2.11. The van der Waals surface area contributed by atoms with E-state index in [0.29, 0.717) is 6.54 Å². The summed E-state index contributed by atoms with van der Waals surface area (Å²) in [4.78, 5) is 9.91. The van der Waals surface area contributed by atoms with Gasteiger partial charge in [-0.25, -0.2) is 8.78 Å². The Bertz CT molecular complexity index is 462. The number of nitro benzene ring substituents is 1. The first kappa shape index (κ1) is 13.7. The highest BCUT2D eigenvalue weighted by Crippen LogP contribution is 2.34. The normalized spacial score (nSPS) is 14.7. The second-order valence-electron chi connectivity index (χ2n) is 4.84. The smallest absolute Gasteiger partial charge is 0.270 e. The fourth-order valence-corrected chi connectivity index (χ4v) is 2.03. The molecule has 0 radical (unpaired) electrons. The maximum atomic E-state index is 12.9. The molecule has 1 saturated carbocycles. The van der Waals surface area contributed by atoms with E-state index in [9.17, 15) is 18.9 Å². The van der Waals surface area contributed by atoms with Gasteiger partial charge in [-0.1, -0.05) is 12.8 Å². The molecule has 0 amide bonds. The van der Waals surface area contributed by atoms with Gasteiger partial charge in [-0.05, 0) is 24.8 Å². The van der Waals surface area contributed by atoms with Gasteiger partial charge in [-0.2, -0.15) is 0 Å². The third kappa shape index (κ3) is 3.87. The van der Waals surface area contributed by atoms with E-state index in [0.717, 1.165) is 24.8 Å². The summed E-state index contributed by atoms with van der Waals surface area (Å²) in [5, 5.41) is 13.5. The average Bonchev–Trinajstić information content (AvgIpc) is 3.18. The van der Waals surface area contributed by atoms with Gasteiger partial charge in [0, 0.05) is 29.9 Å². The van der Waals surface area contributed by atoms with Gasteiger partial charge >= 0.3 is 0 Å². The minimum atomic E-state index is -2.72. The number of nitro groups is 1. The Morgan fingerprint density at radius 2 is 2.16 bits per heavy atom. The van der Waals surface area contributed by atoms with Crippen molar-refractivity contribution in [2.75, 3.05) is 11.9 Å². The van der Waals surface area contributed by atoms with Crippen molar-refractivity contribution >= 4 is 11.4 Å². The quantitative estimate of drug-likeness (QED) is 0.460. The van der Waals surface area contributed by atoms with Crippen molar-refractivity contribution in [3.8, 4) is 0 Å². The SMILES string of the molecule is O=[N+]([O-])c1ccc(NCCCC2CC2)c(C(F)F)c1. The van der Waals surface area contributed by atoms with E-state index in [1.807, 2.05) is 0 Å². The van der Waals surface area contributed by atoms with E-state index in [1.165, 1.54) is 25.0 Å². The second-order valence-corrected chi connectivity index (χ2v) is 4.84. The van der Waals surface area contributed by atoms with Crippen molar-refractivity contribution < 1.29 is 13.7 Å². The molecule has 1 aromatic rings. The second kappa shape index (κ2) is 5.95. The molecule has 1 N–H and O–H groups in total. The van der Waals surface area contributed by atoms with Crippen LogP contribution in [0.5, 0.6) is 0 Å². The first-order chi connectivity index (χ1) is 9.08. The Balaban J connectivity index is 1.98. The van der Waals surface area contributed by atoms with Crippen molar-refractivity contribution in [3.05, 3.63) is 33.9 Å². The Hall–Kier alpha value is -1.72. The first-order valence-electron chi connectivity index (χ1n) is 6.38. The lowest BCUT2D eigenvalue weighted by molar-refractivity contribution is -0.385. The van der Waals surface area contributed by atoms with Crippen LogP contribution >= 0.6 is 0 Å². The maximum Gasteiger partial charge on any atom is 0.270 e. The van der Waals surface area contributed by atoms with Gasteiger partial charge in [0.25, 0.3) is 12.1 Å². The van der Waals surface area contributed by atoms with Crippen molar-refractivity contribution in [2.45, 2.75) is 32.1 Å². The van der Waals surface area contributed by atoms with Crippen molar-refractivity contribution in [1.82, 2.24) is 0 Å². The summed E-state index contributed by atoms with van der Waals surface area (Å²) >= 11 is 0. The number of halogens is 2. The molecule has 0 aliphatic heterocycles. The zero-order chi connectivity index (χ0) is 13.8. The minimum Gasteiger partial charge on any atom is -0.385 e. The Labute approximate surface area is 110 Å². The van der Waals surface area contributed by atoms with E-state index >= 15 is 0 Å². The highest BCUT2D eigenvalue weighted by molar-refractivity contribution is 5.56. The van der Waals surface area contributed by atoms with E-state index in [2.05, 4.69) is 5.32 Å². The lowest BCUT2D eigenvalue weighted by Crippen LogP contribution is -2.05. The van der Waals surface area contributed by atoms with Crippen LogP contribution in [0.2, 0.25) is 0 Å². The van der Waals surface area contributed by atoms with E-state index in [1.54, 1.807) is 0 Å². The summed E-state index contributed by atoms with van der Waals surface area (Å²) in [7, 11) is 0. The predicted molar refractivity (Wildman–Crippen MR) is 68.5 cm³/mol. The molecule has 0 atom stereocenters. The molecule has 104 valence electrons. The van der Waals surface area contributed by atoms with Crippen LogP contribution in [0.15, 0.2) is 18.2 Å². The summed E-state index contributed by atoms with van der Waals surface area (Å²) in [5.41, 5.74) is -0.323. The molecule has 0 spiro atoms. The standard InChI is InChI=1S/C13H16F2N2O2/c14-13(15)11-8-10(17(18)19)5-6-12(11)16-7-1-2-9-3-4-9/h5-6,8-9,13,16H,1-4,7H2. The number of hydrogen-bond donors (Lipinski definition) is 1. The van der Waals surface area contributed by atoms with Crippen molar-refractivity contribution in [2.24, 2.45) is 5.92 Å². The molecule has 6 heteroatoms. The van der Waals surface area contributed by atoms with Gasteiger partial charge in [0.15, 0.2) is 0 Å². The first-order valence-corrected chi connectivity index (χ1v) is 6.38. The minimum absolute atomic E-state index is 0.288. The Morgan fingerprint density at radius 1 is 1.42 bits per heavy atom. The number of non-ortho nitro benzene ring substituents is 1. The molecule has 0 saturated heterocycles. The molecular weight excluding hydrogens is 254 g/mol. The van der Waals surface area contributed by atoms with Gasteiger partial charge < -0.3 is 5.32 Å². The number of anilines is 1. The molecule has 1 fully saturated rings. The number of hydrogen-bond acceptors (Lipinski definition) is 3. The molecule has 2 rings (SSSR count). The average molecular weight is 270 g/mol. The van der Waals surface area contributed by atoms with Crippen LogP contribution in [0.25, 0.3) is 0 Å². The van der Waals surface area contributed by atoms with Gasteiger partial charge in [-0.15, -0.1) is 0 Å². The molecule has 0 unspecified atom stereocenters. The van der Waals surface area contributed by atoms with Crippen molar-refractivity contribution in [3.63, 3.8) is 0 Å². The third-order valence-electron chi connectivity index (χ3n) is 3.28. The summed E-state index contributed by atoms with van der Waals surface area (Å²) in [6, 6.07) is 3.54. The van der Waals surface area contributed by atoms with Gasteiger partial charge in [0.05, 0.1) is 4.92 Å². The highest BCUT2D eigenvalue weighted by atomic mass is 19.3. The van der Waals surface area contributed by atoms with E-state index in [-0.39, 0.29) is 16.9 Å². The number of nitrogens with zero attached hydrogens (tertiary/aromatic N) is 1. The van der Waals surface area contributed by atoms with Crippen LogP contribution in [-0.2, 0) is 0 Å². The molecule has 0 heterocycles. The fraction of sp³-hybridized carbons (Fsp3) is 0.538. The summed E-state index contributed by atoms with van der Waals surface area (Å²) < 4.78 is 25.7. The molecule has 1 aliphatic carbocycles. The molecule has 0 aromatic heterocycles. The maximum absolute atomic E-state index is 12.9. The van der Waals surface area contributed by atoms with Gasteiger partial charge in [-0.3, -0.25) is 10.1 Å². The van der Waals surface area contributed by atoms with Crippen LogP contribution in [-0.4, -0.2) is 11.5 Å². The Kier molecular flexibility index (Phi) is 4.29. The topological polar surface area (TPSA) is 55.2 Å². The molecule has 4 nitrogen and oxygen atoms in total. The largest absolute Gasteiger partial charge is 0.385 e. The number of rotatable bonds is 7. The molecular formula is C13H16F2N2O2. The van der Waals surface area contributed by atoms with Crippen LogP contribution in [0.3, 0.4) is 0 Å². The highest BCUT2D eigenvalue weighted by Gasteiger charge is 2.20. The monoisotopic (exact) mass is 270 g/mol. The van der Waals surface area contributed by atoms with Crippen LogP contribution in [0.1, 0.15) is 37.7 Å². The fourth-order valence-electron chi connectivity index (χ4n) is 2.03. The van der Waals surface area contributed by atoms with E-state index in [4.69, 9.17) is 0 Å². The number of nitrogens with one attached hydrogen (secondary N) is 1. The molecule has 1 aromatic carbocycles. The molecule has 19 heavy (non-hydrogen) atoms. The summed E-state index contributed by atoms with van der Waals surface area (Å²) in [6.07, 6.45) is 1.89. The van der Waals surface area contributed by atoms with Crippen LogP contribution in [0.4, 0.5) is 20.2 Å². The Morgan fingerprint density at radius 3 is 2.74 bits per heavy atom. The third-order valence-corrected chi connectivity index (χ3v) is 3.28. The molecule has 1 aliphatic rings. The predicted octanol–water partition coefficient (Wildman–Crippen LogP) is 4.13. The van der Waals surface area contributed by atoms with Crippen LogP contribution in [0, 0.1) is 16.0 Å². The number of benzene rings is 1. The molecule has 0 bridgehead atoms. The van der Waals surface area contributed by atoms with Crippen molar-refractivity contribution in [1.29, 1.82) is 0 Å². The summed E-state index contributed by atoms with van der Waals surface area (Å²) in [5.74, 6) is 0.813. The van der Waals surface area contributed by atoms with Gasteiger partial charge in [0.1, 0.15) is 0 Å². The zero-order valence-corrected chi connectivity index (χ0v) is 10.4.